The minimum atomic E-state index is -3.80. The first-order valence-electron chi connectivity index (χ1n) is 7.53. The van der Waals surface area contributed by atoms with Crippen LogP contribution in [0.3, 0.4) is 0 Å². The number of piperidine rings is 1. The van der Waals surface area contributed by atoms with Gasteiger partial charge in [-0.2, -0.15) is 4.31 Å². The third-order valence-corrected chi connectivity index (χ3v) is 7.23. The van der Waals surface area contributed by atoms with Crippen molar-refractivity contribution < 1.29 is 18.3 Å². The molecular formula is C14H17N3O5S2. The van der Waals surface area contributed by atoms with Crippen LogP contribution in [0.15, 0.2) is 16.0 Å². The number of carboxylic acids is 1. The number of sulfonamides is 1. The van der Waals surface area contributed by atoms with Gasteiger partial charge < -0.3 is 5.11 Å². The van der Waals surface area contributed by atoms with Gasteiger partial charge >= 0.3 is 5.97 Å². The highest BCUT2D eigenvalue weighted by Gasteiger charge is 2.32. The molecule has 0 aliphatic carbocycles. The summed E-state index contributed by atoms with van der Waals surface area (Å²) in [5.74, 6) is -1.19. The average molecular weight is 371 g/mol. The van der Waals surface area contributed by atoms with Crippen LogP contribution in [0, 0.1) is 6.92 Å². The number of aliphatic carboxylic acids is 1. The topological polar surface area (TPSA) is 110 Å². The third kappa shape index (κ3) is 2.85. The van der Waals surface area contributed by atoms with Crippen molar-refractivity contribution in [3.8, 4) is 0 Å². The van der Waals surface area contributed by atoms with Gasteiger partial charge in [-0.3, -0.25) is 14.2 Å². The summed E-state index contributed by atoms with van der Waals surface area (Å²) in [5.41, 5.74) is -0.637. The predicted molar refractivity (Wildman–Crippen MR) is 88.9 cm³/mol. The van der Waals surface area contributed by atoms with E-state index in [0.717, 1.165) is 41.5 Å². The molecule has 8 nitrogen and oxygen atoms in total. The van der Waals surface area contributed by atoms with E-state index >= 15 is 0 Å². The van der Waals surface area contributed by atoms with Crippen molar-refractivity contribution in [3.63, 3.8) is 0 Å². The van der Waals surface area contributed by atoms with Crippen molar-refractivity contribution in [2.75, 3.05) is 13.1 Å². The van der Waals surface area contributed by atoms with Crippen LogP contribution in [0.25, 0.3) is 10.2 Å². The summed E-state index contributed by atoms with van der Waals surface area (Å²) in [7, 11) is -3.80. The zero-order chi connectivity index (χ0) is 17.5. The Labute approximate surface area is 142 Å². The minimum Gasteiger partial charge on any atom is -0.480 e. The van der Waals surface area contributed by atoms with Gasteiger partial charge in [-0.1, -0.05) is 6.42 Å². The molecule has 0 aromatic carbocycles. The molecule has 2 aromatic heterocycles. The molecule has 1 N–H and O–H groups in total. The van der Waals surface area contributed by atoms with Crippen LogP contribution < -0.4 is 5.56 Å². The highest BCUT2D eigenvalue weighted by molar-refractivity contribution is 7.89. The zero-order valence-electron chi connectivity index (χ0n) is 13.1. The molecule has 0 saturated carbocycles. The molecule has 1 aliphatic rings. The number of aryl methyl sites for hydroxylation is 1. The van der Waals surface area contributed by atoms with Gasteiger partial charge in [0, 0.05) is 18.0 Å². The van der Waals surface area contributed by atoms with Crippen molar-refractivity contribution in [3.05, 3.63) is 21.6 Å². The Morgan fingerprint density at radius 3 is 2.62 bits per heavy atom. The molecule has 3 heterocycles. The lowest BCUT2D eigenvalue weighted by atomic mass is 10.2. The predicted octanol–water partition coefficient (Wildman–Crippen LogP) is 1.03. The van der Waals surface area contributed by atoms with E-state index in [1.165, 1.54) is 4.31 Å². The SMILES string of the molecule is Cc1sc2ncn(CC(=O)O)c(=O)c2c1S(=O)(=O)N1CCCCC1. The van der Waals surface area contributed by atoms with Crippen molar-refractivity contribution in [1.29, 1.82) is 0 Å². The van der Waals surface area contributed by atoms with E-state index < -0.39 is 28.1 Å². The number of hydrogen-bond donors (Lipinski definition) is 1. The molecule has 130 valence electrons. The molecule has 2 aromatic rings. The van der Waals surface area contributed by atoms with Crippen LogP contribution in [0.5, 0.6) is 0 Å². The second-order valence-electron chi connectivity index (χ2n) is 5.70. The summed E-state index contributed by atoms with van der Waals surface area (Å²) in [4.78, 5) is 28.3. The minimum absolute atomic E-state index is 0.00757. The highest BCUT2D eigenvalue weighted by atomic mass is 32.2. The Balaban J connectivity index is 2.22. The van der Waals surface area contributed by atoms with E-state index in [-0.39, 0.29) is 10.3 Å². The molecule has 0 amide bonds. The molecule has 3 rings (SSSR count). The first-order valence-corrected chi connectivity index (χ1v) is 9.78. The fraction of sp³-hybridized carbons (Fsp3) is 0.500. The maximum absolute atomic E-state index is 13.0. The molecule has 10 heteroatoms. The van der Waals surface area contributed by atoms with E-state index in [1.54, 1.807) is 6.92 Å². The fourth-order valence-corrected chi connectivity index (χ4v) is 6.10. The summed E-state index contributed by atoms with van der Waals surface area (Å²) in [6.07, 6.45) is 3.72. The highest BCUT2D eigenvalue weighted by Crippen LogP contribution is 2.33. The molecule has 0 bridgehead atoms. The van der Waals surface area contributed by atoms with Crippen molar-refractivity contribution >= 4 is 37.5 Å². The van der Waals surface area contributed by atoms with Gasteiger partial charge in [0.05, 0.1) is 11.7 Å². The van der Waals surface area contributed by atoms with Gasteiger partial charge in [-0.05, 0) is 19.8 Å². The Kier molecular flexibility index (Phi) is 4.45. The number of carboxylic acid groups (broad SMARTS) is 1. The van der Waals surface area contributed by atoms with E-state index in [2.05, 4.69) is 4.98 Å². The average Bonchev–Trinajstić information content (AvgIpc) is 2.88. The zero-order valence-corrected chi connectivity index (χ0v) is 14.7. The second-order valence-corrected chi connectivity index (χ2v) is 8.78. The van der Waals surface area contributed by atoms with Crippen molar-refractivity contribution in [1.82, 2.24) is 13.9 Å². The Morgan fingerprint density at radius 1 is 1.33 bits per heavy atom. The number of hydrogen-bond acceptors (Lipinski definition) is 6. The number of carbonyl (C=O) groups is 1. The smallest absolute Gasteiger partial charge is 0.323 e. The summed E-state index contributed by atoms with van der Waals surface area (Å²) in [6.45, 7) is 1.95. The van der Waals surface area contributed by atoms with Crippen LogP contribution in [0.2, 0.25) is 0 Å². The number of thiophene rings is 1. The van der Waals surface area contributed by atoms with Crippen LogP contribution in [0.1, 0.15) is 24.1 Å². The van der Waals surface area contributed by atoms with E-state index in [1.807, 2.05) is 0 Å². The lowest BCUT2D eigenvalue weighted by Crippen LogP contribution is -2.36. The van der Waals surface area contributed by atoms with Gasteiger partial charge in [-0.15, -0.1) is 11.3 Å². The van der Waals surface area contributed by atoms with Gasteiger partial charge in [0.25, 0.3) is 5.56 Å². The van der Waals surface area contributed by atoms with Crippen LogP contribution >= 0.6 is 11.3 Å². The van der Waals surface area contributed by atoms with E-state index in [0.29, 0.717) is 22.8 Å². The molecule has 0 unspecified atom stereocenters. The molecule has 1 fully saturated rings. The molecule has 1 saturated heterocycles. The normalized spacial score (nSPS) is 16.5. The largest absolute Gasteiger partial charge is 0.480 e. The first-order chi connectivity index (χ1) is 11.3. The maximum Gasteiger partial charge on any atom is 0.323 e. The quantitative estimate of drug-likeness (QED) is 0.859. The molecule has 0 spiro atoms. The van der Waals surface area contributed by atoms with Gasteiger partial charge in [0.2, 0.25) is 10.0 Å². The van der Waals surface area contributed by atoms with Crippen LogP contribution in [-0.2, 0) is 21.4 Å². The summed E-state index contributed by atoms with van der Waals surface area (Å²) < 4.78 is 28.3. The van der Waals surface area contributed by atoms with Gasteiger partial charge in [0.15, 0.2) is 0 Å². The first kappa shape index (κ1) is 17.1. The number of aromatic nitrogens is 2. The monoisotopic (exact) mass is 371 g/mol. The third-order valence-electron chi connectivity index (χ3n) is 4.02. The Morgan fingerprint density at radius 2 is 2.00 bits per heavy atom. The maximum atomic E-state index is 13.0. The number of rotatable bonds is 4. The van der Waals surface area contributed by atoms with Crippen molar-refractivity contribution in [2.24, 2.45) is 0 Å². The molecule has 1 aliphatic heterocycles. The van der Waals surface area contributed by atoms with Crippen LogP contribution in [-0.4, -0.2) is 46.4 Å². The molecule has 24 heavy (non-hydrogen) atoms. The standard InChI is InChI=1S/C14H17N3O5S2/c1-9-12(24(21,22)17-5-3-2-4-6-17)11-13(23-9)15-8-16(14(11)20)7-10(18)19/h8H,2-7H2,1H3,(H,18,19). The summed E-state index contributed by atoms with van der Waals surface area (Å²) in [6, 6.07) is 0. The number of fused-ring (bicyclic) bond motifs is 1. The van der Waals surface area contributed by atoms with Crippen molar-refractivity contribution in [2.45, 2.75) is 37.6 Å². The second kappa shape index (κ2) is 6.26. The number of nitrogens with zero attached hydrogens (tertiary/aromatic N) is 3. The fourth-order valence-electron chi connectivity index (χ4n) is 2.92. The molecule has 0 radical (unpaired) electrons. The van der Waals surface area contributed by atoms with Crippen LogP contribution in [0.4, 0.5) is 0 Å². The van der Waals surface area contributed by atoms with E-state index in [4.69, 9.17) is 5.11 Å². The summed E-state index contributed by atoms with van der Waals surface area (Å²) in [5, 5.41) is 8.88. The van der Waals surface area contributed by atoms with E-state index in [9.17, 15) is 18.0 Å². The molecular weight excluding hydrogens is 354 g/mol. The Hall–Kier alpha value is -1.78. The lowest BCUT2D eigenvalue weighted by Gasteiger charge is -2.25. The van der Waals surface area contributed by atoms with Gasteiger partial charge in [0.1, 0.15) is 16.3 Å². The van der Waals surface area contributed by atoms with Gasteiger partial charge in [-0.25, -0.2) is 13.4 Å². The lowest BCUT2D eigenvalue weighted by molar-refractivity contribution is -0.137. The Bertz CT molecular complexity index is 955. The summed E-state index contributed by atoms with van der Waals surface area (Å²) >= 11 is 1.13. The molecule has 0 atom stereocenters.